The van der Waals surface area contributed by atoms with Gasteiger partial charge in [0.1, 0.15) is 5.75 Å². The normalized spacial score (nSPS) is 21.2. The number of hydrogen-bond donors (Lipinski definition) is 3. The second-order valence-corrected chi connectivity index (χ2v) is 4.98. The Balaban J connectivity index is 2.14. The topological polar surface area (TPSA) is 44.3 Å². The highest BCUT2D eigenvalue weighted by Crippen LogP contribution is 2.29. The number of hydrogen-bond acceptors (Lipinski definition) is 3. The molecule has 2 rings (SSSR count). The third-order valence-corrected chi connectivity index (χ3v) is 3.20. The number of phenols is 1. The number of aromatic hydroxyl groups is 1. The van der Waals surface area contributed by atoms with E-state index in [9.17, 15) is 5.11 Å². The zero-order chi connectivity index (χ0) is 11.6. The van der Waals surface area contributed by atoms with Crippen molar-refractivity contribution < 1.29 is 5.11 Å². The van der Waals surface area contributed by atoms with Crippen LogP contribution in [0.15, 0.2) is 24.3 Å². The number of benzene rings is 1. The summed E-state index contributed by atoms with van der Waals surface area (Å²) in [4.78, 5) is 0. The summed E-state index contributed by atoms with van der Waals surface area (Å²) in [6, 6.07) is 8.03. The van der Waals surface area contributed by atoms with E-state index in [2.05, 4.69) is 24.5 Å². The van der Waals surface area contributed by atoms with Crippen molar-refractivity contribution >= 4 is 0 Å². The zero-order valence-electron chi connectivity index (χ0n) is 9.96. The fourth-order valence-electron chi connectivity index (χ4n) is 2.37. The van der Waals surface area contributed by atoms with Gasteiger partial charge >= 0.3 is 0 Å². The molecule has 1 atom stereocenters. The standard InChI is InChI=1S/C13H20N2O/c1-13(2,15-10-7-8-14-9-10)11-5-3-4-6-12(11)16/h3-6,10,14-16H,7-9H2,1-2H3. The molecule has 0 bridgehead atoms. The highest BCUT2D eigenvalue weighted by molar-refractivity contribution is 5.37. The molecule has 1 aliphatic rings. The summed E-state index contributed by atoms with van der Waals surface area (Å²) in [6.45, 7) is 6.31. The van der Waals surface area contributed by atoms with Crippen LogP contribution in [0.25, 0.3) is 0 Å². The zero-order valence-corrected chi connectivity index (χ0v) is 9.96. The second-order valence-electron chi connectivity index (χ2n) is 4.98. The van der Waals surface area contributed by atoms with Gasteiger partial charge in [0, 0.05) is 23.7 Å². The lowest BCUT2D eigenvalue weighted by atomic mass is 9.92. The van der Waals surface area contributed by atoms with Crippen LogP contribution in [0.5, 0.6) is 5.75 Å². The van der Waals surface area contributed by atoms with Gasteiger partial charge in [-0.1, -0.05) is 18.2 Å². The van der Waals surface area contributed by atoms with Gasteiger partial charge in [-0.25, -0.2) is 0 Å². The number of phenolic OH excluding ortho intramolecular Hbond substituents is 1. The molecule has 0 saturated carbocycles. The number of para-hydroxylation sites is 1. The summed E-state index contributed by atoms with van der Waals surface area (Å²) < 4.78 is 0. The van der Waals surface area contributed by atoms with Gasteiger partial charge in [-0.2, -0.15) is 0 Å². The molecule has 88 valence electrons. The molecule has 3 heteroatoms. The molecule has 1 saturated heterocycles. The predicted octanol–water partition coefficient (Wildman–Crippen LogP) is 1.58. The first-order chi connectivity index (χ1) is 7.59. The summed E-state index contributed by atoms with van der Waals surface area (Å²) in [5.41, 5.74) is 0.768. The maximum Gasteiger partial charge on any atom is 0.120 e. The molecule has 1 heterocycles. The first-order valence-electron chi connectivity index (χ1n) is 5.86. The highest BCUT2D eigenvalue weighted by Gasteiger charge is 2.27. The van der Waals surface area contributed by atoms with Gasteiger partial charge in [0.2, 0.25) is 0 Å². The molecule has 0 aromatic heterocycles. The quantitative estimate of drug-likeness (QED) is 0.724. The maximum absolute atomic E-state index is 9.86. The Morgan fingerprint density at radius 2 is 2.12 bits per heavy atom. The van der Waals surface area contributed by atoms with Gasteiger partial charge in [-0.3, -0.25) is 0 Å². The van der Waals surface area contributed by atoms with Crippen LogP contribution in [0.1, 0.15) is 25.8 Å². The average Bonchev–Trinajstić information content (AvgIpc) is 2.70. The monoisotopic (exact) mass is 220 g/mol. The minimum atomic E-state index is -0.192. The molecule has 0 aliphatic carbocycles. The number of nitrogens with one attached hydrogen (secondary N) is 2. The van der Waals surface area contributed by atoms with Crippen LogP contribution in [0.3, 0.4) is 0 Å². The fourth-order valence-corrected chi connectivity index (χ4v) is 2.37. The molecular weight excluding hydrogens is 200 g/mol. The molecule has 16 heavy (non-hydrogen) atoms. The van der Waals surface area contributed by atoms with Gasteiger partial charge in [0.15, 0.2) is 0 Å². The lowest BCUT2D eigenvalue weighted by molar-refractivity contribution is 0.337. The van der Waals surface area contributed by atoms with Crippen molar-refractivity contribution in [2.75, 3.05) is 13.1 Å². The van der Waals surface area contributed by atoms with Gasteiger partial charge < -0.3 is 15.7 Å². The van der Waals surface area contributed by atoms with E-state index in [1.807, 2.05) is 18.2 Å². The summed E-state index contributed by atoms with van der Waals surface area (Å²) in [6.07, 6.45) is 1.15. The smallest absolute Gasteiger partial charge is 0.120 e. The molecular formula is C13H20N2O. The third kappa shape index (κ3) is 2.36. The van der Waals surface area contributed by atoms with E-state index in [1.165, 1.54) is 0 Å². The van der Waals surface area contributed by atoms with Gasteiger partial charge in [-0.15, -0.1) is 0 Å². The van der Waals surface area contributed by atoms with Crippen molar-refractivity contribution in [3.63, 3.8) is 0 Å². The van der Waals surface area contributed by atoms with Crippen molar-refractivity contribution in [2.24, 2.45) is 0 Å². The fraction of sp³-hybridized carbons (Fsp3) is 0.538. The van der Waals surface area contributed by atoms with Gasteiger partial charge in [-0.05, 0) is 32.9 Å². The molecule has 1 unspecified atom stereocenters. The van der Waals surface area contributed by atoms with E-state index >= 15 is 0 Å². The third-order valence-electron chi connectivity index (χ3n) is 3.20. The Morgan fingerprint density at radius 1 is 1.38 bits per heavy atom. The SMILES string of the molecule is CC(C)(NC1CCNC1)c1ccccc1O. The molecule has 0 amide bonds. The Morgan fingerprint density at radius 3 is 2.75 bits per heavy atom. The molecule has 1 aromatic carbocycles. The van der Waals surface area contributed by atoms with Crippen LogP contribution in [-0.2, 0) is 5.54 Å². The Bertz CT molecular complexity index is 357. The van der Waals surface area contributed by atoms with Gasteiger partial charge in [0.25, 0.3) is 0 Å². The van der Waals surface area contributed by atoms with E-state index in [0.717, 1.165) is 25.1 Å². The molecule has 1 fully saturated rings. The summed E-state index contributed by atoms with van der Waals surface area (Å²) in [5.74, 6) is 0.367. The minimum Gasteiger partial charge on any atom is -0.508 e. The molecule has 1 aromatic rings. The molecule has 0 radical (unpaired) electrons. The lowest BCUT2D eigenvalue weighted by Gasteiger charge is -2.31. The molecule has 3 N–H and O–H groups in total. The Labute approximate surface area is 96.9 Å². The van der Waals surface area contributed by atoms with Crippen LogP contribution in [0, 0.1) is 0 Å². The van der Waals surface area contributed by atoms with E-state index in [1.54, 1.807) is 6.07 Å². The first kappa shape index (κ1) is 11.4. The highest BCUT2D eigenvalue weighted by atomic mass is 16.3. The van der Waals surface area contributed by atoms with Crippen LogP contribution in [0.4, 0.5) is 0 Å². The summed E-state index contributed by atoms with van der Waals surface area (Å²) >= 11 is 0. The van der Waals surface area contributed by atoms with E-state index in [0.29, 0.717) is 11.8 Å². The number of rotatable bonds is 3. The Hall–Kier alpha value is -1.06. The molecule has 3 nitrogen and oxygen atoms in total. The summed E-state index contributed by atoms with van der Waals surface area (Å²) in [5, 5.41) is 16.8. The van der Waals surface area contributed by atoms with Gasteiger partial charge in [0.05, 0.1) is 0 Å². The average molecular weight is 220 g/mol. The van der Waals surface area contributed by atoms with Crippen molar-refractivity contribution in [2.45, 2.75) is 31.8 Å². The van der Waals surface area contributed by atoms with E-state index in [-0.39, 0.29) is 5.54 Å². The molecule has 0 spiro atoms. The first-order valence-corrected chi connectivity index (χ1v) is 5.86. The maximum atomic E-state index is 9.86. The van der Waals surface area contributed by atoms with Crippen molar-refractivity contribution in [1.82, 2.24) is 10.6 Å². The van der Waals surface area contributed by atoms with Crippen molar-refractivity contribution in [1.29, 1.82) is 0 Å². The summed E-state index contributed by atoms with van der Waals surface area (Å²) in [7, 11) is 0. The van der Waals surface area contributed by atoms with E-state index in [4.69, 9.17) is 0 Å². The minimum absolute atomic E-state index is 0.192. The van der Waals surface area contributed by atoms with Crippen molar-refractivity contribution in [3.8, 4) is 5.75 Å². The largest absolute Gasteiger partial charge is 0.508 e. The Kier molecular flexibility index (Phi) is 3.17. The predicted molar refractivity (Wildman–Crippen MR) is 65.5 cm³/mol. The molecule has 1 aliphatic heterocycles. The van der Waals surface area contributed by atoms with E-state index < -0.39 is 0 Å². The van der Waals surface area contributed by atoms with Crippen molar-refractivity contribution in [3.05, 3.63) is 29.8 Å². The van der Waals surface area contributed by atoms with Crippen LogP contribution in [-0.4, -0.2) is 24.2 Å². The lowest BCUT2D eigenvalue weighted by Crippen LogP contribution is -2.44. The van der Waals surface area contributed by atoms with Crippen LogP contribution in [0.2, 0.25) is 0 Å². The van der Waals surface area contributed by atoms with Crippen LogP contribution >= 0.6 is 0 Å². The van der Waals surface area contributed by atoms with Crippen LogP contribution < -0.4 is 10.6 Å². The second kappa shape index (κ2) is 4.44.